The SMILES string of the molecule is N#C/C(=C\c1ccccc1)C(=O)N/C=N/OCc1c(Cl)cccc1Cl. The Morgan fingerprint density at radius 1 is 1.16 bits per heavy atom. The van der Waals surface area contributed by atoms with Crippen molar-refractivity contribution in [2.75, 3.05) is 0 Å². The molecule has 2 aromatic carbocycles. The predicted octanol–water partition coefficient (Wildman–Crippen LogP) is 4.18. The van der Waals surface area contributed by atoms with Crippen LogP contribution in [-0.2, 0) is 16.2 Å². The molecule has 25 heavy (non-hydrogen) atoms. The zero-order valence-electron chi connectivity index (χ0n) is 12.9. The van der Waals surface area contributed by atoms with Gasteiger partial charge in [0.25, 0.3) is 5.91 Å². The Morgan fingerprint density at radius 2 is 1.84 bits per heavy atom. The first-order valence-corrected chi connectivity index (χ1v) is 7.92. The van der Waals surface area contributed by atoms with Crippen LogP contribution in [0.25, 0.3) is 6.08 Å². The Bertz CT molecular complexity index is 823. The number of amides is 1. The topological polar surface area (TPSA) is 74.5 Å². The molecule has 0 heterocycles. The van der Waals surface area contributed by atoms with Gasteiger partial charge in [-0.05, 0) is 23.8 Å². The molecule has 1 amide bonds. The molecule has 0 unspecified atom stereocenters. The molecule has 0 aliphatic rings. The molecular formula is C18H13Cl2N3O2. The number of nitrogens with zero attached hydrogens (tertiary/aromatic N) is 2. The number of nitrogens with one attached hydrogen (secondary N) is 1. The van der Waals surface area contributed by atoms with Crippen LogP contribution in [0.2, 0.25) is 10.0 Å². The molecule has 0 aliphatic carbocycles. The van der Waals surface area contributed by atoms with Crippen LogP contribution in [0.5, 0.6) is 0 Å². The third-order valence-corrected chi connectivity index (χ3v) is 3.78. The quantitative estimate of drug-likeness (QED) is 0.271. The second-order valence-electron chi connectivity index (χ2n) is 4.76. The lowest BCUT2D eigenvalue weighted by Crippen LogP contribution is -2.22. The zero-order chi connectivity index (χ0) is 18.1. The number of carbonyl (C=O) groups is 1. The van der Waals surface area contributed by atoms with Gasteiger partial charge < -0.3 is 10.2 Å². The Labute approximate surface area is 155 Å². The van der Waals surface area contributed by atoms with Crippen molar-refractivity contribution in [2.45, 2.75) is 6.61 Å². The number of hydrogen-bond donors (Lipinski definition) is 1. The van der Waals surface area contributed by atoms with E-state index in [1.807, 2.05) is 24.3 Å². The first kappa shape index (κ1) is 18.5. The molecule has 7 heteroatoms. The average Bonchev–Trinajstić information content (AvgIpc) is 2.62. The molecule has 0 radical (unpaired) electrons. The average molecular weight is 374 g/mol. The lowest BCUT2D eigenvalue weighted by atomic mass is 10.1. The van der Waals surface area contributed by atoms with E-state index in [2.05, 4.69) is 10.5 Å². The Balaban J connectivity index is 1.90. The van der Waals surface area contributed by atoms with Crippen molar-refractivity contribution in [1.29, 1.82) is 5.26 Å². The largest absolute Gasteiger partial charge is 0.390 e. The summed E-state index contributed by atoms with van der Waals surface area (Å²) in [6.45, 7) is 0.0514. The number of halogens is 2. The van der Waals surface area contributed by atoms with E-state index < -0.39 is 5.91 Å². The second kappa shape index (κ2) is 9.48. The normalized spacial score (nSPS) is 11.2. The summed E-state index contributed by atoms with van der Waals surface area (Å²) in [5, 5.41) is 16.0. The third kappa shape index (κ3) is 5.64. The van der Waals surface area contributed by atoms with Gasteiger partial charge in [-0.1, -0.05) is 64.8 Å². The number of benzene rings is 2. The maximum absolute atomic E-state index is 11.9. The molecule has 126 valence electrons. The van der Waals surface area contributed by atoms with Crippen molar-refractivity contribution in [3.8, 4) is 6.07 Å². The van der Waals surface area contributed by atoms with Gasteiger partial charge in [-0.15, -0.1) is 0 Å². The number of hydrogen-bond acceptors (Lipinski definition) is 4. The molecule has 0 saturated carbocycles. The summed E-state index contributed by atoms with van der Waals surface area (Å²) in [6.07, 6.45) is 2.54. The summed E-state index contributed by atoms with van der Waals surface area (Å²) >= 11 is 12.0. The van der Waals surface area contributed by atoms with E-state index in [1.165, 1.54) is 6.08 Å². The molecule has 1 N–H and O–H groups in total. The third-order valence-electron chi connectivity index (χ3n) is 3.07. The highest BCUT2D eigenvalue weighted by Gasteiger charge is 2.08. The summed E-state index contributed by atoms with van der Waals surface area (Å²) in [4.78, 5) is 17.0. The summed E-state index contributed by atoms with van der Waals surface area (Å²) in [5.41, 5.74) is 1.29. The fraction of sp³-hybridized carbons (Fsp3) is 0.0556. The highest BCUT2D eigenvalue weighted by molar-refractivity contribution is 6.35. The van der Waals surface area contributed by atoms with Gasteiger partial charge in [-0.2, -0.15) is 5.26 Å². The van der Waals surface area contributed by atoms with Crippen LogP contribution in [-0.4, -0.2) is 12.2 Å². The standard InChI is InChI=1S/C18H13Cl2N3O2/c19-16-7-4-8-17(20)15(16)11-25-23-12-22-18(24)14(10-21)9-13-5-2-1-3-6-13/h1-9,12H,11H2,(H,22,23,24)/b14-9+. The smallest absolute Gasteiger partial charge is 0.267 e. The van der Waals surface area contributed by atoms with Crippen LogP contribution >= 0.6 is 23.2 Å². The molecule has 0 bridgehead atoms. The van der Waals surface area contributed by atoms with Gasteiger partial charge in [0.1, 0.15) is 24.6 Å². The fourth-order valence-corrected chi connectivity index (χ4v) is 2.34. The highest BCUT2D eigenvalue weighted by atomic mass is 35.5. The van der Waals surface area contributed by atoms with Gasteiger partial charge in [0.05, 0.1) is 0 Å². The van der Waals surface area contributed by atoms with E-state index in [0.29, 0.717) is 15.6 Å². The van der Waals surface area contributed by atoms with Crippen LogP contribution in [0.3, 0.4) is 0 Å². The molecule has 2 aromatic rings. The molecule has 0 saturated heterocycles. The van der Waals surface area contributed by atoms with Gasteiger partial charge in [0.15, 0.2) is 0 Å². The maximum atomic E-state index is 11.9. The minimum atomic E-state index is -0.588. The number of rotatable bonds is 6. The summed E-state index contributed by atoms with van der Waals surface area (Å²) in [6, 6.07) is 16.0. The lowest BCUT2D eigenvalue weighted by Gasteiger charge is -2.04. The lowest BCUT2D eigenvalue weighted by molar-refractivity contribution is -0.115. The Hall–Kier alpha value is -2.81. The molecule has 0 atom stereocenters. The maximum Gasteiger partial charge on any atom is 0.267 e. The van der Waals surface area contributed by atoms with E-state index in [1.54, 1.807) is 30.3 Å². The first-order valence-electron chi connectivity index (χ1n) is 7.16. The second-order valence-corrected chi connectivity index (χ2v) is 5.58. The van der Waals surface area contributed by atoms with Gasteiger partial charge in [-0.3, -0.25) is 4.79 Å². The van der Waals surface area contributed by atoms with Crippen molar-refractivity contribution in [3.63, 3.8) is 0 Å². The molecular weight excluding hydrogens is 361 g/mol. The van der Waals surface area contributed by atoms with Crippen LogP contribution in [0, 0.1) is 11.3 Å². The van der Waals surface area contributed by atoms with Crippen molar-refractivity contribution in [3.05, 3.63) is 75.3 Å². The minimum absolute atomic E-state index is 0.0493. The van der Waals surface area contributed by atoms with Gasteiger partial charge in [0.2, 0.25) is 0 Å². The number of nitriles is 1. The first-order chi connectivity index (χ1) is 12.1. The van der Waals surface area contributed by atoms with Gasteiger partial charge in [-0.25, -0.2) is 0 Å². The van der Waals surface area contributed by atoms with E-state index in [4.69, 9.17) is 33.3 Å². The van der Waals surface area contributed by atoms with E-state index in [0.717, 1.165) is 11.9 Å². The van der Waals surface area contributed by atoms with E-state index in [9.17, 15) is 4.79 Å². The fourth-order valence-electron chi connectivity index (χ4n) is 1.84. The number of carbonyl (C=O) groups excluding carboxylic acids is 1. The molecule has 5 nitrogen and oxygen atoms in total. The minimum Gasteiger partial charge on any atom is -0.390 e. The summed E-state index contributed by atoms with van der Waals surface area (Å²) in [5.74, 6) is -0.588. The molecule has 0 fully saturated rings. The van der Waals surface area contributed by atoms with Crippen molar-refractivity contribution in [1.82, 2.24) is 5.32 Å². The molecule has 0 spiro atoms. The summed E-state index contributed by atoms with van der Waals surface area (Å²) < 4.78 is 0. The Kier molecular flexibility index (Phi) is 7.02. The highest BCUT2D eigenvalue weighted by Crippen LogP contribution is 2.24. The predicted molar refractivity (Wildman–Crippen MR) is 97.9 cm³/mol. The van der Waals surface area contributed by atoms with Crippen molar-refractivity contribution in [2.24, 2.45) is 5.16 Å². The van der Waals surface area contributed by atoms with E-state index >= 15 is 0 Å². The van der Waals surface area contributed by atoms with Crippen LogP contribution in [0.15, 0.2) is 59.3 Å². The zero-order valence-corrected chi connectivity index (χ0v) is 14.5. The number of oxime groups is 1. The Morgan fingerprint density at radius 3 is 2.48 bits per heavy atom. The molecule has 0 aromatic heterocycles. The summed E-state index contributed by atoms with van der Waals surface area (Å²) in [7, 11) is 0. The van der Waals surface area contributed by atoms with E-state index in [-0.39, 0.29) is 12.2 Å². The van der Waals surface area contributed by atoms with Crippen molar-refractivity contribution < 1.29 is 9.63 Å². The monoisotopic (exact) mass is 373 g/mol. The van der Waals surface area contributed by atoms with Gasteiger partial charge >= 0.3 is 0 Å². The van der Waals surface area contributed by atoms with Crippen LogP contribution in [0.4, 0.5) is 0 Å². The van der Waals surface area contributed by atoms with Crippen molar-refractivity contribution >= 4 is 41.5 Å². The van der Waals surface area contributed by atoms with Crippen LogP contribution < -0.4 is 5.32 Å². The van der Waals surface area contributed by atoms with Gasteiger partial charge in [0, 0.05) is 15.6 Å². The molecule has 0 aliphatic heterocycles. The van der Waals surface area contributed by atoms with Crippen LogP contribution in [0.1, 0.15) is 11.1 Å². The molecule has 2 rings (SSSR count).